The number of aliphatic carboxylic acids is 1. The predicted octanol–water partition coefficient (Wildman–Crippen LogP) is 4.32. The highest BCUT2D eigenvalue weighted by molar-refractivity contribution is 5.67. The summed E-state index contributed by atoms with van der Waals surface area (Å²) >= 11 is 0. The Bertz CT molecular complexity index is 877. The van der Waals surface area contributed by atoms with E-state index in [2.05, 4.69) is 20.4 Å². The van der Waals surface area contributed by atoms with Crippen molar-refractivity contribution in [2.45, 2.75) is 84.5 Å². The number of carbonyl (C=O) groups is 1. The van der Waals surface area contributed by atoms with Gasteiger partial charge in [0.25, 0.3) is 0 Å². The van der Waals surface area contributed by atoms with Crippen LogP contribution in [0.3, 0.4) is 0 Å². The van der Waals surface area contributed by atoms with Crippen LogP contribution in [0.4, 0.5) is 0 Å². The Morgan fingerprint density at radius 1 is 1.00 bits per heavy atom. The Kier molecular flexibility index (Phi) is 7.85. The number of fused-ring (bicyclic) bond motifs is 2. The first-order chi connectivity index (χ1) is 17.1. The summed E-state index contributed by atoms with van der Waals surface area (Å²) in [4.78, 5) is 11.6. The van der Waals surface area contributed by atoms with Crippen LogP contribution in [0.25, 0.3) is 0 Å². The van der Waals surface area contributed by atoms with E-state index in [1.807, 2.05) is 6.08 Å². The van der Waals surface area contributed by atoms with E-state index in [0.717, 1.165) is 63.4 Å². The molecule has 0 saturated heterocycles. The zero-order valence-electron chi connectivity index (χ0n) is 22.3. The highest BCUT2D eigenvalue weighted by atomic mass is 16.4. The fourth-order valence-corrected chi connectivity index (χ4v) is 10.2. The lowest BCUT2D eigenvalue weighted by atomic mass is 9.43. The zero-order valence-corrected chi connectivity index (χ0v) is 22.3. The Labute approximate surface area is 216 Å². The maximum Gasteiger partial charge on any atom is 0.303 e. The summed E-state index contributed by atoms with van der Waals surface area (Å²) in [5, 5.41) is 48.6. The molecule has 4 rings (SSSR count). The van der Waals surface area contributed by atoms with Gasteiger partial charge in [-0.1, -0.05) is 26.5 Å². The minimum Gasteiger partial charge on any atom is -0.481 e. The molecule has 0 aromatic rings. The van der Waals surface area contributed by atoms with Gasteiger partial charge in [0.05, 0.1) is 19.8 Å². The summed E-state index contributed by atoms with van der Waals surface area (Å²) < 4.78 is 0. The number of allylic oxidation sites excluding steroid dienone is 1. The van der Waals surface area contributed by atoms with Crippen LogP contribution in [-0.2, 0) is 4.79 Å². The summed E-state index contributed by atoms with van der Waals surface area (Å²) in [6.07, 6.45) is 12.0. The Hall–Kier alpha value is -1.21. The molecule has 0 aliphatic heterocycles. The van der Waals surface area contributed by atoms with Crippen LogP contribution >= 0.6 is 0 Å². The lowest BCUT2D eigenvalue weighted by Crippen LogP contribution is -2.54. The third-order valence-corrected chi connectivity index (χ3v) is 12.2. The molecule has 4 fully saturated rings. The van der Waals surface area contributed by atoms with Crippen molar-refractivity contribution in [1.29, 1.82) is 0 Å². The fraction of sp³-hybridized carbons (Fsp3) is 0.833. The molecule has 6 heteroatoms. The number of hydrogen-bond acceptors (Lipinski definition) is 5. The third-order valence-electron chi connectivity index (χ3n) is 12.2. The number of carboxylic acid groups (broad SMARTS) is 1. The lowest BCUT2D eigenvalue weighted by Gasteiger charge is -2.61. The topological polar surface area (TPSA) is 118 Å². The first-order valence-electron chi connectivity index (χ1n) is 14.1. The fourth-order valence-electron chi connectivity index (χ4n) is 10.2. The van der Waals surface area contributed by atoms with Gasteiger partial charge < -0.3 is 25.5 Å². The molecule has 0 aromatic heterocycles. The Morgan fingerprint density at radius 3 is 2.33 bits per heavy atom. The van der Waals surface area contributed by atoms with E-state index < -0.39 is 5.97 Å². The van der Waals surface area contributed by atoms with Gasteiger partial charge in [-0.3, -0.25) is 4.79 Å². The molecule has 36 heavy (non-hydrogen) atoms. The molecule has 0 amide bonds. The van der Waals surface area contributed by atoms with Gasteiger partial charge in [-0.2, -0.15) is 0 Å². The minimum absolute atomic E-state index is 0.0157. The average Bonchev–Trinajstić information content (AvgIpc) is 3.47. The van der Waals surface area contributed by atoms with Gasteiger partial charge in [0.15, 0.2) is 0 Å². The average molecular weight is 505 g/mol. The lowest BCUT2D eigenvalue weighted by molar-refractivity contribution is -0.139. The smallest absolute Gasteiger partial charge is 0.303 e. The van der Waals surface area contributed by atoms with Gasteiger partial charge in [0.1, 0.15) is 0 Å². The molecule has 0 bridgehead atoms. The van der Waals surface area contributed by atoms with E-state index in [4.69, 9.17) is 0 Å². The van der Waals surface area contributed by atoms with Crippen molar-refractivity contribution in [2.75, 3.05) is 26.4 Å². The van der Waals surface area contributed by atoms with Gasteiger partial charge in [0, 0.05) is 13.0 Å². The largest absolute Gasteiger partial charge is 0.481 e. The minimum atomic E-state index is -0.736. The Balaban J connectivity index is 1.59. The molecular weight excluding hydrogens is 456 g/mol. The van der Waals surface area contributed by atoms with E-state index in [-0.39, 0.29) is 66.3 Å². The SMILES string of the molecule is C=C(CO)C1CCC2C3(C)CCC(C(CO)CCC=C(CO)CO)C3(C)CCC23CC13CCC(=O)O. The van der Waals surface area contributed by atoms with E-state index in [1.165, 1.54) is 0 Å². The standard InChI is InChI=1S/C30H48O6/c1-20(15-31)23-7-8-25-28(3)11-9-24(22(18-34)6-4-5-21(16-32)17-33)27(28,2)13-14-30(25)19-29(23,30)12-10-26(35)36/h5,22-25,31-34H,1,4,6-19H2,2-3H3,(H,35,36). The van der Waals surface area contributed by atoms with Crippen molar-refractivity contribution >= 4 is 5.97 Å². The molecule has 1 spiro atoms. The Morgan fingerprint density at radius 2 is 1.72 bits per heavy atom. The number of rotatable bonds is 12. The highest BCUT2D eigenvalue weighted by Gasteiger charge is 2.80. The van der Waals surface area contributed by atoms with Gasteiger partial charge >= 0.3 is 5.97 Å². The van der Waals surface area contributed by atoms with Crippen LogP contribution < -0.4 is 0 Å². The third kappa shape index (κ3) is 4.02. The second-order valence-corrected chi connectivity index (χ2v) is 13.1. The second kappa shape index (κ2) is 10.2. The molecule has 6 nitrogen and oxygen atoms in total. The first kappa shape index (κ1) is 27.8. The van der Waals surface area contributed by atoms with Crippen LogP contribution in [0.5, 0.6) is 0 Å². The van der Waals surface area contributed by atoms with Crippen LogP contribution in [0.1, 0.15) is 84.5 Å². The van der Waals surface area contributed by atoms with E-state index in [9.17, 15) is 30.3 Å². The molecule has 8 unspecified atom stereocenters. The van der Waals surface area contributed by atoms with Crippen molar-refractivity contribution in [1.82, 2.24) is 0 Å². The molecule has 0 aromatic carbocycles. The first-order valence-corrected chi connectivity index (χ1v) is 14.1. The predicted molar refractivity (Wildman–Crippen MR) is 139 cm³/mol. The molecule has 5 N–H and O–H groups in total. The van der Waals surface area contributed by atoms with Crippen LogP contribution in [0, 0.1) is 45.3 Å². The van der Waals surface area contributed by atoms with E-state index in [1.54, 1.807) is 0 Å². The highest BCUT2D eigenvalue weighted by Crippen LogP contribution is 2.87. The molecule has 204 valence electrons. The molecule has 0 radical (unpaired) electrons. The number of carboxylic acids is 1. The van der Waals surface area contributed by atoms with E-state index in [0.29, 0.717) is 23.8 Å². The van der Waals surface area contributed by atoms with Gasteiger partial charge in [-0.05, 0) is 121 Å². The maximum absolute atomic E-state index is 11.6. The molecule has 4 aliphatic rings. The van der Waals surface area contributed by atoms with Crippen molar-refractivity contribution in [3.8, 4) is 0 Å². The molecule has 0 heterocycles. The summed E-state index contributed by atoms with van der Waals surface area (Å²) in [6, 6.07) is 0. The summed E-state index contributed by atoms with van der Waals surface area (Å²) in [5.41, 5.74) is 1.91. The number of aliphatic hydroxyl groups is 4. The van der Waals surface area contributed by atoms with E-state index >= 15 is 0 Å². The van der Waals surface area contributed by atoms with Crippen LogP contribution in [-0.4, -0.2) is 57.9 Å². The second-order valence-electron chi connectivity index (χ2n) is 13.1. The molecule has 4 aliphatic carbocycles. The molecule has 8 atom stereocenters. The van der Waals surface area contributed by atoms with Gasteiger partial charge in [-0.25, -0.2) is 0 Å². The summed E-state index contributed by atoms with van der Waals surface area (Å²) in [5.74, 6) is 0.650. The maximum atomic E-state index is 11.6. The number of aliphatic hydroxyl groups excluding tert-OH is 4. The van der Waals surface area contributed by atoms with Gasteiger partial charge in [0.2, 0.25) is 0 Å². The van der Waals surface area contributed by atoms with Gasteiger partial charge in [-0.15, -0.1) is 0 Å². The van der Waals surface area contributed by atoms with Crippen molar-refractivity contribution in [3.63, 3.8) is 0 Å². The summed E-state index contributed by atoms with van der Waals surface area (Å²) in [6.45, 7) is 9.06. The van der Waals surface area contributed by atoms with Crippen molar-refractivity contribution in [3.05, 3.63) is 23.8 Å². The number of hydrogen-bond donors (Lipinski definition) is 5. The quantitative estimate of drug-likeness (QED) is 0.253. The molecule has 4 saturated carbocycles. The normalized spacial score (nSPS) is 41.6. The van der Waals surface area contributed by atoms with Crippen molar-refractivity contribution in [2.24, 2.45) is 45.3 Å². The molecular formula is C30H48O6. The summed E-state index contributed by atoms with van der Waals surface area (Å²) in [7, 11) is 0. The van der Waals surface area contributed by atoms with Crippen LogP contribution in [0.15, 0.2) is 23.8 Å². The monoisotopic (exact) mass is 504 g/mol. The zero-order chi connectivity index (χ0) is 26.4. The van der Waals surface area contributed by atoms with Crippen LogP contribution in [0.2, 0.25) is 0 Å². The van der Waals surface area contributed by atoms with Crippen molar-refractivity contribution < 1.29 is 30.3 Å².